The van der Waals surface area contributed by atoms with Crippen LogP contribution in [0.4, 0.5) is 0 Å². The maximum absolute atomic E-state index is 13.6. The van der Waals surface area contributed by atoms with Crippen LogP contribution in [0.3, 0.4) is 0 Å². The zero-order valence-corrected chi connectivity index (χ0v) is 21.0. The normalized spacial score (nSPS) is 19.0. The SMILES string of the molecule is C[C@H](CO)N1C[C@H](C)[C@@H](CN(C)Cc2cncnc2)Oc2ncc(/C=C/c3ccccc3)cc2C1=O. The van der Waals surface area contributed by atoms with Crippen molar-refractivity contribution >= 4 is 18.1 Å². The van der Waals surface area contributed by atoms with Crippen LogP contribution >= 0.6 is 0 Å². The summed E-state index contributed by atoms with van der Waals surface area (Å²) in [5.74, 6) is 0.152. The average Bonchev–Trinajstić information content (AvgIpc) is 2.90. The number of rotatable bonds is 8. The molecule has 1 aromatic carbocycles. The Kier molecular flexibility index (Phi) is 8.40. The van der Waals surface area contributed by atoms with Gasteiger partial charge in [0.25, 0.3) is 5.91 Å². The Morgan fingerprint density at radius 3 is 2.61 bits per heavy atom. The standard InChI is InChI=1S/C28H33N5O3/c1-20-15-33(21(2)18-34)28(35)25-11-23(10-9-22-7-5-4-6-8-22)14-31-27(25)36-26(20)17-32(3)16-24-12-29-19-30-13-24/h4-14,19-21,26,34H,15-18H2,1-3H3/b10-9+/t20-,21+,26+/m0/s1. The van der Waals surface area contributed by atoms with E-state index in [9.17, 15) is 9.90 Å². The van der Waals surface area contributed by atoms with Gasteiger partial charge in [-0.15, -0.1) is 0 Å². The van der Waals surface area contributed by atoms with Crippen LogP contribution in [0, 0.1) is 5.92 Å². The maximum atomic E-state index is 13.6. The molecular weight excluding hydrogens is 454 g/mol. The lowest BCUT2D eigenvalue weighted by Gasteiger charge is -2.37. The Balaban J connectivity index is 1.61. The third-order valence-corrected chi connectivity index (χ3v) is 6.37. The molecule has 0 bridgehead atoms. The summed E-state index contributed by atoms with van der Waals surface area (Å²) in [5, 5.41) is 9.87. The highest BCUT2D eigenvalue weighted by molar-refractivity contribution is 5.97. The Labute approximate surface area is 212 Å². The van der Waals surface area contributed by atoms with Gasteiger partial charge in [-0.1, -0.05) is 49.4 Å². The van der Waals surface area contributed by atoms with Gasteiger partial charge in [0.2, 0.25) is 5.88 Å². The first-order valence-corrected chi connectivity index (χ1v) is 12.2. The molecule has 3 heterocycles. The van der Waals surface area contributed by atoms with Crippen LogP contribution in [0.15, 0.2) is 61.3 Å². The predicted octanol–water partition coefficient (Wildman–Crippen LogP) is 3.39. The van der Waals surface area contributed by atoms with Gasteiger partial charge in [0.1, 0.15) is 18.0 Å². The summed E-state index contributed by atoms with van der Waals surface area (Å²) in [6.07, 6.45) is 10.6. The number of aromatic nitrogens is 3. The number of aliphatic hydroxyl groups is 1. The second-order valence-corrected chi connectivity index (χ2v) is 9.43. The van der Waals surface area contributed by atoms with Crippen molar-refractivity contribution in [2.75, 3.05) is 26.7 Å². The fraction of sp³-hybridized carbons (Fsp3) is 0.357. The van der Waals surface area contributed by atoms with Gasteiger partial charge in [-0.05, 0) is 31.2 Å². The molecule has 1 N–H and O–H groups in total. The van der Waals surface area contributed by atoms with Gasteiger partial charge >= 0.3 is 0 Å². The second kappa shape index (κ2) is 11.9. The number of likely N-dealkylation sites (N-methyl/N-ethyl adjacent to an activating group) is 1. The summed E-state index contributed by atoms with van der Waals surface area (Å²) in [6, 6.07) is 11.5. The average molecular weight is 488 g/mol. The van der Waals surface area contributed by atoms with Gasteiger partial charge in [0.15, 0.2) is 0 Å². The van der Waals surface area contributed by atoms with Crippen LogP contribution in [0.5, 0.6) is 5.88 Å². The van der Waals surface area contributed by atoms with Crippen molar-refractivity contribution in [3.05, 3.63) is 83.6 Å². The summed E-state index contributed by atoms with van der Waals surface area (Å²) in [4.78, 5) is 30.2. The monoisotopic (exact) mass is 487 g/mol. The number of nitrogens with zero attached hydrogens (tertiary/aromatic N) is 5. The van der Waals surface area contributed by atoms with Crippen LogP contribution in [-0.4, -0.2) is 74.7 Å². The number of hydrogen-bond donors (Lipinski definition) is 1. The number of amides is 1. The van der Waals surface area contributed by atoms with E-state index in [1.54, 1.807) is 23.5 Å². The molecule has 1 aliphatic heterocycles. The van der Waals surface area contributed by atoms with Crippen molar-refractivity contribution in [3.8, 4) is 5.88 Å². The molecule has 4 rings (SSSR count). The van der Waals surface area contributed by atoms with E-state index in [2.05, 4.69) is 26.8 Å². The highest BCUT2D eigenvalue weighted by Gasteiger charge is 2.34. The van der Waals surface area contributed by atoms with E-state index in [-0.39, 0.29) is 30.6 Å². The third kappa shape index (κ3) is 6.33. The quantitative estimate of drug-likeness (QED) is 0.521. The lowest BCUT2D eigenvalue weighted by molar-refractivity contribution is 0.0325. The fourth-order valence-electron chi connectivity index (χ4n) is 4.28. The molecule has 3 atom stereocenters. The number of fused-ring (bicyclic) bond motifs is 1. The third-order valence-electron chi connectivity index (χ3n) is 6.37. The van der Waals surface area contributed by atoms with E-state index in [0.29, 0.717) is 31.1 Å². The van der Waals surface area contributed by atoms with E-state index in [1.807, 2.05) is 62.5 Å². The molecule has 2 aromatic heterocycles. The molecule has 1 aliphatic rings. The highest BCUT2D eigenvalue weighted by atomic mass is 16.5. The van der Waals surface area contributed by atoms with E-state index in [4.69, 9.17) is 4.74 Å². The predicted molar refractivity (Wildman–Crippen MR) is 139 cm³/mol. The highest BCUT2D eigenvalue weighted by Crippen LogP contribution is 2.28. The first-order chi connectivity index (χ1) is 17.4. The van der Waals surface area contributed by atoms with E-state index in [1.165, 1.54) is 6.33 Å². The number of hydrogen-bond acceptors (Lipinski definition) is 7. The number of benzene rings is 1. The van der Waals surface area contributed by atoms with Gasteiger partial charge in [0, 0.05) is 49.7 Å². The molecule has 0 unspecified atom stereocenters. The van der Waals surface area contributed by atoms with Gasteiger partial charge in [-0.25, -0.2) is 15.0 Å². The topological polar surface area (TPSA) is 91.7 Å². The summed E-state index contributed by atoms with van der Waals surface area (Å²) in [7, 11) is 2.02. The molecule has 8 nitrogen and oxygen atoms in total. The van der Waals surface area contributed by atoms with Gasteiger partial charge in [-0.3, -0.25) is 9.69 Å². The van der Waals surface area contributed by atoms with Crippen molar-refractivity contribution in [1.29, 1.82) is 0 Å². The Morgan fingerprint density at radius 2 is 1.89 bits per heavy atom. The smallest absolute Gasteiger partial charge is 0.259 e. The van der Waals surface area contributed by atoms with E-state index in [0.717, 1.165) is 16.7 Å². The minimum absolute atomic E-state index is 0.0185. The first kappa shape index (κ1) is 25.5. The molecule has 0 saturated heterocycles. The van der Waals surface area contributed by atoms with Crippen LogP contribution in [0.1, 0.15) is 40.9 Å². The van der Waals surface area contributed by atoms with Crippen LogP contribution in [-0.2, 0) is 6.54 Å². The molecule has 3 aromatic rings. The van der Waals surface area contributed by atoms with Crippen LogP contribution in [0.2, 0.25) is 0 Å². The lowest BCUT2D eigenvalue weighted by atomic mass is 9.99. The molecule has 0 saturated carbocycles. The van der Waals surface area contributed by atoms with E-state index >= 15 is 0 Å². The molecule has 0 spiro atoms. The minimum atomic E-state index is -0.325. The second-order valence-electron chi connectivity index (χ2n) is 9.43. The molecule has 0 fully saturated rings. The van der Waals surface area contributed by atoms with Crippen LogP contribution in [0.25, 0.3) is 12.2 Å². The number of carbonyl (C=O) groups excluding carboxylic acids is 1. The molecule has 0 aliphatic carbocycles. The summed E-state index contributed by atoms with van der Waals surface area (Å²) >= 11 is 0. The number of aliphatic hydroxyl groups excluding tert-OH is 1. The minimum Gasteiger partial charge on any atom is -0.472 e. The molecule has 1 amide bonds. The number of ether oxygens (including phenoxy) is 1. The van der Waals surface area contributed by atoms with Gasteiger partial charge < -0.3 is 14.7 Å². The molecule has 0 radical (unpaired) electrons. The largest absolute Gasteiger partial charge is 0.472 e. The maximum Gasteiger partial charge on any atom is 0.259 e. The first-order valence-electron chi connectivity index (χ1n) is 12.2. The Morgan fingerprint density at radius 1 is 1.17 bits per heavy atom. The Bertz CT molecular complexity index is 1170. The molecule has 188 valence electrons. The summed E-state index contributed by atoms with van der Waals surface area (Å²) in [6.45, 7) is 5.58. The zero-order valence-electron chi connectivity index (χ0n) is 21.0. The number of pyridine rings is 1. The summed E-state index contributed by atoms with van der Waals surface area (Å²) in [5.41, 5.74) is 3.28. The zero-order chi connectivity index (χ0) is 25.5. The van der Waals surface area contributed by atoms with Crippen molar-refractivity contribution in [2.24, 2.45) is 5.92 Å². The Hall–Kier alpha value is -3.62. The lowest BCUT2D eigenvalue weighted by Crippen LogP contribution is -2.49. The van der Waals surface area contributed by atoms with Gasteiger partial charge in [-0.2, -0.15) is 0 Å². The van der Waals surface area contributed by atoms with E-state index < -0.39 is 0 Å². The fourth-order valence-corrected chi connectivity index (χ4v) is 4.28. The molecule has 8 heteroatoms. The van der Waals surface area contributed by atoms with Crippen molar-refractivity contribution in [3.63, 3.8) is 0 Å². The van der Waals surface area contributed by atoms with Crippen LogP contribution < -0.4 is 4.74 Å². The van der Waals surface area contributed by atoms with Crippen molar-refractivity contribution < 1.29 is 14.6 Å². The molecular formula is C28H33N5O3. The van der Waals surface area contributed by atoms with Crippen molar-refractivity contribution in [1.82, 2.24) is 24.8 Å². The summed E-state index contributed by atoms with van der Waals surface area (Å²) < 4.78 is 6.39. The number of carbonyl (C=O) groups is 1. The molecule has 36 heavy (non-hydrogen) atoms. The van der Waals surface area contributed by atoms with Crippen molar-refractivity contribution in [2.45, 2.75) is 32.5 Å². The van der Waals surface area contributed by atoms with Gasteiger partial charge in [0.05, 0.1) is 12.6 Å².